The molecule has 0 aromatic heterocycles. The second kappa shape index (κ2) is 5.07. The summed E-state index contributed by atoms with van der Waals surface area (Å²) in [5, 5.41) is 0. The first-order chi connectivity index (χ1) is 7.29. The van der Waals surface area contributed by atoms with Gasteiger partial charge in [-0.25, -0.2) is 13.1 Å². The molecule has 1 aromatic carbocycles. The second-order valence-corrected chi connectivity index (χ2v) is 6.66. The number of rotatable bonds is 5. The highest BCUT2D eigenvalue weighted by Gasteiger charge is 2.18. The zero-order valence-corrected chi connectivity index (χ0v) is 9.99. The number of benzene rings is 1. The summed E-state index contributed by atoms with van der Waals surface area (Å²) in [6, 6.07) is 8.37. The smallest absolute Gasteiger partial charge is 0.324 e. The van der Waals surface area contributed by atoms with Crippen LogP contribution in [-0.2, 0) is 20.3 Å². The number of nitrogens with one attached hydrogen (secondary N) is 1. The molecule has 1 aromatic rings. The molecular formula is C8H12NO5PS. The highest BCUT2D eigenvalue weighted by atomic mass is 32.2. The molecule has 0 amide bonds. The largest absolute Gasteiger partial charge is 0.340 e. The van der Waals surface area contributed by atoms with Gasteiger partial charge in [0.2, 0.25) is 10.0 Å². The van der Waals surface area contributed by atoms with Gasteiger partial charge in [-0.3, -0.25) is 4.57 Å². The fraction of sp³-hybridized carbons (Fsp3) is 0.250. The van der Waals surface area contributed by atoms with Crippen molar-refractivity contribution in [3.8, 4) is 0 Å². The molecule has 0 atom stereocenters. The molecule has 0 heterocycles. The molecule has 6 nitrogen and oxygen atoms in total. The van der Waals surface area contributed by atoms with Gasteiger partial charge in [0.05, 0.1) is 5.75 Å². The number of hydrogen-bond acceptors (Lipinski definition) is 3. The molecule has 0 radical (unpaired) electrons. The van der Waals surface area contributed by atoms with Gasteiger partial charge in [0.15, 0.2) is 0 Å². The first kappa shape index (κ1) is 13.3. The van der Waals surface area contributed by atoms with E-state index < -0.39 is 23.9 Å². The van der Waals surface area contributed by atoms with E-state index in [1.807, 2.05) is 4.72 Å². The SMILES string of the molecule is O=P(O)(O)CNS(=O)(=O)Cc1ccccc1. The maximum atomic E-state index is 11.4. The first-order valence-corrected chi connectivity index (χ1v) is 7.79. The van der Waals surface area contributed by atoms with Gasteiger partial charge in [-0.15, -0.1) is 0 Å². The van der Waals surface area contributed by atoms with Crippen LogP contribution in [0.3, 0.4) is 0 Å². The van der Waals surface area contributed by atoms with Crippen molar-refractivity contribution in [2.24, 2.45) is 0 Å². The average molecular weight is 265 g/mol. The summed E-state index contributed by atoms with van der Waals surface area (Å²) < 4.78 is 35.1. The maximum Gasteiger partial charge on any atom is 0.340 e. The van der Waals surface area contributed by atoms with E-state index in [9.17, 15) is 13.0 Å². The van der Waals surface area contributed by atoms with Crippen LogP contribution in [-0.4, -0.2) is 24.5 Å². The van der Waals surface area contributed by atoms with E-state index in [0.717, 1.165) is 0 Å². The van der Waals surface area contributed by atoms with Gasteiger partial charge < -0.3 is 9.79 Å². The standard InChI is InChI=1S/C8H12NO5PS/c10-15(11,12)7-9-16(13,14)6-8-4-2-1-3-5-8/h1-5,9H,6-7H2,(H2,10,11,12). The summed E-state index contributed by atoms with van der Waals surface area (Å²) >= 11 is 0. The minimum atomic E-state index is -4.36. The van der Waals surface area contributed by atoms with Gasteiger partial charge in [-0.1, -0.05) is 30.3 Å². The second-order valence-electron chi connectivity index (χ2n) is 3.21. The third kappa shape index (κ3) is 5.39. The van der Waals surface area contributed by atoms with Gasteiger partial charge in [-0.2, -0.15) is 0 Å². The Morgan fingerprint density at radius 1 is 1.19 bits per heavy atom. The summed E-state index contributed by atoms with van der Waals surface area (Å²) in [6.45, 7) is 0. The van der Waals surface area contributed by atoms with Crippen molar-refractivity contribution in [1.82, 2.24) is 4.72 Å². The molecule has 3 N–H and O–H groups in total. The number of hydrogen-bond donors (Lipinski definition) is 3. The van der Waals surface area contributed by atoms with Crippen molar-refractivity contribution in [3.63, 3.8) is 0 Å². The normalized spacial score (nSPS) is 12.6. The van der Waals surface area contributed by atoms with Gasteiger partial charge in [0.1, 0.15) is 6.29 Å². The molecule has 90 valence electrons. The van der Waals surface area contributed by atoms with Crippen LogP contribution in [0.5, 0.6) is 0 Å². The summed E-state index contributed by atoms with van der Waals surface area (Å²) in [7, 11) is -8.07. The van der Waals surface area contributed by atoms with Crippen LogP contribution in [0.25, 0.3) is 0 Å². The Labute approximate surface area is 93.5 Å². The molecule has 8 heteroatoms. The van der Waals surface area contributed by atoms with Crippen LogP contribution in [0.1, 0.15) is 5.56 Å². The lowest BCUT2D eigenvalue weighted by molar-refractivity contribution is 0.371. The lowest BCUT2D eigenvalue weighted by Gasteiger charge is -2.07. The fourth-order valence-corrected chi connectivity index (χ4v) is 3.22. The monoisotopic (exact) mass is 265 g/mol. The Bertz CT molecular complexity index is 480. The van der Waals surface area contributed by atoms with Crippen LogP contribution in [0.15, 0.2) is 30.3 Å². The minimum Gasteiger partial charge on any atom is -0.324 e. The molecule has 16 heavy (non-hydrogen) atoms. The zero-order valence-electron chi connectivity index (χ0n) is 8.28. The van der Waals surface area contributed by atoms with E-state index in [2.05, 4.69) is 0 Å². The van der Waals surface area contributed by atoms with E-state index in [4.69, 9.17) is 9.79 Å². The van der Waals surface area contributed by atoms with E-state index in [0.29, 0.717) is 5.56 Å². The third-order valence-electron chi connectivity index (χ3n) is 1.69. The quantitative estimate of drug-likeness (QED) is 0.662. The Kier molecular flexibility index (Phi) is 4.23. The van der Waals surface area contributed by atoms with Gasteiger partial charge in [0, 0.05) is 0 Å². The summed E-state index contributed by atoms with van der Waals surface area (Å²) in [5.41, 5.74) is 0.556. The predicted molar refractivity (Wildman–Crippen MR) is 59.1 cm³/mol. The van der Waals surface area contributed by atoms with E-state index in [1.165, 1.54) is 0 Å². The zero-order chi connectivity index (χ0) is 12.2. The van der Waals surface area contributed by atoms with Crippen LogP contribution in [0.2, 0.25) is 0 Å². The Morgan fingerprint density at radius 2 is 1.75 bits per heavy atom. The van der Waals surface area contributed by atoms with Gasteiger partial charge in [-0.05, 0) is 5.56 Å². The Hall–Kier alpha value is -0.720. The van der Waals surface area contributed by atoms with Crippen molar-refractivity contribution in [1.29, 1.82) is 0 Å². The van der Waals surface area contributed by atoms with Crippen LogP contribution < -0.4 is 4.72 Å². The molecule has 0 saturated carbocycles. The molecule has 0 aliphatic carbocycles. The average Bonchev–Trinajstić information content (AvgIpc) is 2.15. The molecule has 0 aliphatic rings. The summed E-state index contributed by atoms with van der Waals surface area (Å²) in [4.78, 5) is 17.1. The van der Waals surface area contributed by atoms with E-state index in [-0.39, 0.29) is 5.75 Å². The molecule has 0 fully saturated rings. The molecule has 1 rings (SSSR count). The van der Waals surface area contributed by atoms with Crippen molar-refractivity contribution >= 4 is 17.6 Å². The lowest BCUT2D eigenvalue weighted by Crippen LogP contribution is -2.26. The summed E-state index contributed by atoms with van der Waals surface area (Å²) in [6.07, 6.45) is -0.873. The van der Waals surface area contributed by atoms with Crippen molar-refractivity contribution < 1.29 is 22.8 Å². The van der Waals surface area contributed by atoms with Gasteiger partial charge >= 0.3 is 7.60 Å². The van der Waals surface area contributed by atoms with Crippen LogP contribution >= 0.6 is 7.60 Å². The lowest BCUT2D eigenvalue weighted by atomic mass is 10.2. The Morgan fingerprint density at radius 3 is 2.25 bits per heavy atom. The molecule has 0 bridgehead atoms. The van der Waals surface area contributed by atoms with Crippen LogP contribution in [0, 0.1) is 0 Å². The Balaban J connectivity index is 2.63. The van der Waals surface area contributed by atoms with Crippen molar-refractivity contribution in [2.45, 2.75) is 5.75 Å². The van der Waals surface area contributed by atoms with E-state index >= 15 is 0 Å². The number of sulfonamides is 1. The summed E-state index contributed by atoms with van der Waals surface area (Å²) in [5.74, 6) is -0.298. The molecular weight excluding hydrogens is 253 g/mol. The molecule has 0 aliphatic heterocycles. The highest BCUT2D eigenvalue weighted by molar-refractivity contribution is 7.89. The highest BCUT2D eigenvalue weighted by Crippen LogP contribution is 2.32. The first-order valence-electron chi connectivity index (χ1n) is 4.34. The van der Waals surface area contributed by atoms with Gasteiger partial charge in [0.25, 0.3) is 0 Å². The minimum absolute atomic E-state index is 0.298. The fourth-order valence-electron chi connectivity index (χ4n) is 1.03. The van der Waals surface area contributed by atoms with E-state index in [1.54, 1.807) is 30.3 Å². The van der Waals surface area contributed by atoms with Crippen molar-refractivity contribution in [2.75, 3.05) is 6.29 Å². The predicted octanol–water partition coefficient (Wildman–Crippen LogP) is 0.241. The van der Waals surface area contributed by atoms with Crippen LogP contribution in [0.4, 0.5) is 0 Å². The third-order valence-corrected chi connectivity index (χ3v) is 3.77. The molecule has 0 spiro atoms. The molecule has 0 saturated heterocycles. The molecule has 0 unspecified atom stereocenters. The van der Waals surface area contributed by atoms with Crippen molar-refractivity contribution in [3.05, 3.63) is 35.9 Å². The maximum absolute atomic E-state index is 11.4. The topological polar surface area (TPSA) is 104 Å².